The van der Waals surface area contributed by atoms with Crippen LogP contribution in [0.25, 0.3) is 0 Å². The van der Waals surface area contributed by atoms with Crippen molar-refractivity contribution in [1.29, 1.82) is 0 Å². The van der Waals surface area contributed by atoms with E-state index in [2.05, 4.69) is 5.32 Å². The quantitative estimate of drug-likeness (QED) is 0.468. The van der Waals surface area contributed by atoms with Crippen molar-refractivity contribution in [2.75, 3.05) is 18.8 Å². The van der Waals surface area contributed by atoms with E-state index in [1.807, 2.05) is 0 Å². The number of amides is 2. The first-order chi connectivity index (χ1) is 8.42. The van der Waals surface area contributed by atoms with Crippen molar-refractivity contribution < 1.29 is 18.0 Å². The molecule has 0 aromatic heterocycles. The Morgan fingerprint density at radius 1 is 1.39 bits per heavy atom. The van der Waals surface area contributed by atoms with Crippen LogP contribution < -0.4 is 11.1 Å². The van der Waals surface area contributed by atoms with Gasteiger partial charge in [-0.2, -0.15) is 4.31 Å². The van der Waals surface area contributed by atoms with Crippen molar-refractivity contribution in [3.8, 4) is 0 Å². The molecule has 1 aliphatic rings. The van der Waals surface area contributed by atoms with Crippen LogP contribution >= 0.6 is 0 Å². The number of hydrogen-bond donors (Lipinski definition) is 2. The molecule has 2 amide bonds. The number of sulfonamides is 1. The number of nitrogens with one attached hydrogen (secondary N) is 1. The molecule has 0 spiro atoms. The Labute approximate surface area is 107 Å². The van der Waals surface area contributed by atoms with Gasteiger partial charge in [0.1, 0.15) is 6.04 Å². The summed E-state index contributed by atoms with van der Waals surface area (Å²) < 4.78 is 25.2. The summed E-state index contributed by atoms with van der Waals surface area (Å²) in [4.78, 5) is 22.8. The molecule has 7 nitrogen and oxygen atoms in total. The first-order valence-corrected chi connectivity index (χ1v) is 7.56. The number of carbonyl (C=O) groups excluding carboxylic acids is 2. The largest absolute Gasteiger partial charge is 0.330 e. The Morgan fingerprint density at radius 2 is 2.06 bits per heavy atom. The summed E-state index contributed by atoms with van der Waals surface area (Å²) in [5.41, 5.74) is 5.31. The van der Waals surface area contributed by atoms with Gasteiger partial charge in [-0.3, -0.25) is 14.9 Å². The highest BCUT2D eigenvalue weighted by atomic mass is 32.2. The SMILES string of the molecule is CCC1C(=O)NC(=O)CN1S(=O)(=O)CCCCN. The second-order valence-electron chi connectivity index (χ2n) is 4.19. The first kappa shape index (κ1) is 15.1. The molecule has 0 saturated carbocycles. The van der Waals surface area contributed by atoms with Crippen LogP contribution in [0.1, 0.15) is 26.2 Å². The predicted molar refractivity (Wildman–Crippen MR) is 66.0 cm³/mol. The summed E-state index contributed by atoms with van der Waals surface area (Å²) >= 11 is 0. The number of carbonyl (C=O) groups is 2. The van der Waals surface area contributed by atoms with Crippen molar-refractivity contribution in [2.45, 2.75) is 32.2 Å². The lowest BCUT2D eigenvalue weighted by Gasteiger charge is -2.32. The zero-order chi connectivity index (χ0) is 13.8. The van der Waals surface area contributed by atoms with Crippen LogP contribution in [0.5, 0.6) is 0 Å². The molecule has 1 saturated heterocycles. The minimum Gasteiger partial charge on any atom is -0.330 e. The van der Waals surface area contributed by atoms with E-state index in [1.165, 1.54) is 0 Å². The number of piperazine rings is 1. The van der Waals surface area contributed by atoms with E-state index >= 15 is 0 Å². The number of nitrogens with two attached hydrogens (primary N) is 1. The smallest absolute Gasteiger partial charge is 0.245 e. The molecule has 0 aliphatic carbocycles. The summed E-state index contributed by atoms with van der Waals surface area (Å²) in [7, 11) is -3.59. The van der Waals surface area contributed by atoms with Crippen LogP contribution in [0, 0.1) is 0 Å². The van der Waals surface area contributed by atoms with Gasteiger partial charge in [0.05, 0.1) is 12.3 Å². The van der Waals surface area contributed by atoms with Gasteiger partial charge in [-0.25, -0.2) is 8.42 Å². The van der Waals surface area contributed by atoms with Crippen molar-refractivity contribution in [3.05, 3.63) is 0 Å². The number of unbranched alkanes of at least 4 members (excludes halogenated alkanes) is 1. The molecular weight excluding hydrogens is 258 g/mol. The molecule has 3 N–H and O–H groups in total. The molecule has 1 unspecified atom stereocenters. The molecule has 1 rings (SSSR count). The van der Waals surface area contributed by atoms with Gasteiger partial charge in [0.2, 0.25) is 21.8 Å². The fraction of sp³-hybridized carbons (Fsp3) is 0.800. The van der Waals surface area contributed by atoms with Crippen molar-refractivity contribution >= 4 is 21.8 Å². The fourth-order valence-electron chi connectivity index (χ4n) is 1.87. The second kappa shape index (κ2) is 6.26. The minimum absolute atomic E-state index is 0.0821. The van der Waals surface area contributed by atoms with E-state index in [-0.39, 0.29) is 12.3 Å². The molecule has 0 aromatic rings. The fourth-order valence-corrected chi connectivity index (χ4v) is 3.62. The van der Waals surface area contributed by atoms with E-state index in [9.17, 15) is 18.0 Å². The van der Waals surface area contributed by atoms with Gasteiger partial charge in [0.25, 0.3) is 0 Å². The van der Waals surface area contributed by atoms with E-state index in [0.717, 1.165) is 4.31 Å². The third kappa shape index (κ3) is 3.50. The third-order valence-corrected chi connectivity index (χ3v) is 4.72. The van der Waals surface area contributed by atoms with Crippen LogP contribution in [0.2, 0.25) is 0 Å². The van der Waals surface area contributed by atoms with Crippen molar-refractivity contribution in [2.24, 2.45) is 5.73 Å². The highest BCUT2D eigenvalue weighted by Crippen LogP contribution is 2.15. The molecule has 1 atom stereocenters. The van der Waals surface area contributed by atoms with Crippen molar-refractivity contribution in [3.63, 3.8) is 0 Å². The Balaban J connectivity index is 2.82. The van der Waals surface area contributed by atoms with E-state index in [4.69, 9.17) is 5.73 Å². The molecule has 18 heavy (non-hydrogen) atoms. The van der Waals surface area contributed by atoms with Gasteiger partial charge in [0.15, 0.2) is 0 Å². The maximum atomic E-state index is 12.1. The average molecular weight is 277 g/mol. The summed E-state index contributed by atoms with van der Waals surface area (Å²) in [5.74, 6) is -1.20. The van der Waals surface area contributed by atoms with Crippen LogP contribution in [0.4, 0.5) is 0 Å². The van der Waals surface area contributed by atoms with E-state index < -0.39 is 27.9 Å². The summed E-state index contributed by atoms with van der Waals surface area (Å²) in [5, 5.41) is 2.15. The number of hydrogen-bond acceptors (Lipinski definition) is 5. The predicted octanol–water partition coefficient (Wildman–Crippen LogP) is -1.21. The molecule has 104 valence electrons. The summed E-state index contributed by atoms with van der Waals surface area (Å²) in [6, 6.07) is -0.787. The van der Waals surface area contributed by atoms with Crippen LogP contribution in [-0.2, 0) is 19.6 Å². The average Bonchev–Trinajstić information content (AvgIpc) is 2.28. The molecule has 8 heteroatoms. The monoisotopic (exact) mass is 277 g/mol. The molecule has 1 heterocycles. The molecular formula is C10H19N3O4S. The third-order valence-electron chi connectivity index (χ3n) is 2.81. The topological polar surface area (TPSA) is 110 Å². The molecule has 0 bridgehead atoms. The van der Waals surface area contributed by atoms with Crippen molar-refractivity contribution in [1.82, 2.24) is 9.62 Å². The second-order valence-corrected chi connectivity index (χ2v) is 6.23. The number of nitrogens with zero attached hydrogens (tertiary/aromatic N) is 1. The zero-order valence-corrected chi connectivity index (χ0v) is 11.2. The Kier molecular flexibility index (Phi) is 5.24. The summed E-state index contributed by atoms with van der Waals surface area (Å²) in [6.45, 7) is 1.85. The minimum atomic E-state index is -3.59. The Hall–Kier alpha value is -0.990. The Bertz CT molecular complexity index is 421. The lowest BCUT2D eigenvalue weighted by molar-refractivity contribution is -0.137. The van der Waals surface area contributed by atoms with Crippen LogP contribution in [-0.4, -0.2) is 49.4 Å². The van der Waals surface area contributed by atoms with Gasteiger partial charge < -0.3 is 5.73 Å². The summed E-state index contributed by atoms with van der Waals surface area (Å²) in [6.07, 6.45) is 1.38. The molecule has 1 aliphatic heterocycles. The molecule has 0 aromatic carbocycles. The van der Waals surface area contributed by atoms with Gasteiger partial charge in [-0.05, 0) is 25.8 Å². The molecule has 1 fully saturated rings. The maximum absolute atomic E-state index is 12.1. The maximum Gasteiger partial charge on any atom is 0.245 e. The van der Waals surface area contributed by atoms with Gasteiger partial charge in [-0.1, -0.05) is 6.92 Å². The van der Waals surface area contributed by atoms with Gasteiger partial charge in [-0.15, -0.1) is 0 Å². The highest BCUT2D eigenvalue weighted by molar-refractivity contribution is 7.89. The van der Waals surface area contributed by atoms with Crippen LogP contribution in [0.3, 0.4) is 0 Å². The van der Waals surface area contributed by atoms with E-state index in [0.29, 0.717) is 25.8 Å². The van der Waals surface area contributed by atoms with Crippen LogP contribution in [0.15, 0.2) is 0 Å². The van der Waals surface area contributed by atoms with E-state index in [1.54, 1.807) is 6.92 Å². The molecule has 0 radical (unpaired) electrons. The number of imide groups is 1. The van der Waals surface area contributed by atoms with Gasteiger partial charge in [0, 0.05) is 0 Å². The first-order valence-electron chi connectivity index (χ1n) is 5.95. The van der Waals surface area contributed by atoms with Gasteiger partial charge >= 0.3 is 0 Å². The Morgan fingerprint density at radius 3 is 2.61 bits per heavy atom. The lowest BCUT2D eigenvalue weighted by atomic mass is 10.2. The zero-order valence-electron chi connectivity index (χ0n) is 10.4. The standard InChI is InChI=1S/C10H19N3O4S/c1-2-8-10(15)12-9(14)7-13(8)18(16,17)6-4-3-5-11/h8H,2-7,11H2,1H3,(H,12,14,15). The number of rotatable bonds is 6. The highest BCUT2D eigenvalue weighted by Gasteiger charge is 2.39. The lowest BCUT2D eigenvalue weighted by Crippen LogP contribution is -2.59. The normalized spacial score (nSPS) is 22.0.